The van der Waals surface area contributed by atoms with Crippen molar-refractivity contribution in [3.8, 4) is 11.5 Å². The average Bonchev–Trinajstić information content (AvgIpc) is 3.11. The largest absolute Gasteiger partial charge is 0.507 e. The van der Waals surface area contributed by atoms with E-state index >= 15 is 0 Å². The fourth-order valence-electron chi connectivity index (χ4n) is 3.57. The van der Waals surface area contributed by atoms with Crippen LogP contribution in [0.3, 0.4) is 0 Å². The summed E-state index contributed by atoms with van der Waals surface area (Å²) in [6.07, 6.45) is 5.12. The maximum atomic E-state index is 10.1. The lowest BCUT2D eigenvalue weighted by Crippen LogP contribution is -2.43. The molecule has 2 heterocycles. The predicted molar refractivity (Wildman–Crippen MR) is 79.1 cm³/mol. The van der Waals surface area contributed by atoms with Crippen molar-refractivity contribution in [1.82, 2.24) is 10.2 Å². The Kier molecular flexibility index (Phi) is 4.13. The Morgan fingerprint density at radius 2 is 2.25 bits per heavy atom. The normalized spacial score (nSPS) is 27.1. The van der Waals surface area contributed by atoms with Gasteiger partial charge in [0.25, 0.3) is 0 Å². The molecular formula is C16H24N2O2. The molecule has 1 aromatic rings. The van der Waals surface area contributed by atoms with E-state index in [9.17, 15) is 5.11 Å². The minimum atomic E-state index is 0.342. The van der Waals surface area contributed by atoms with Crippen LogP contribution in [0.25, 0.3) is 0 Å². The molecule has 4 nitrogen and oxygen atoms in total. The zero-order valence-electron chi connectivity index (χ0n) is 12.1. The van der Waals surface area contributed by atoms with Crippen LogP contribution in [-0.2, 0) is 6.54 Å². The van der Waals surface area contributed by atoms with Gasteiger partial charge in [-0.15, -0.1) is 0 Å². The van der Waals surface area contributed by atoms with Crippen molar-refractivity contribution >= 4 is 0 Å². The van der Waals surface area contributed by atoms with Crippen LogP contribution in [-0.4, -0.2) is 42.3 Å². The highest BCUT2D eigenvalue weighted by atomic mass is 16.5. The van der Waals surface area contributed by atoms with Gasteiger partial charge in [0, 0.05) is 30.3 Å². The lowest BCUT2D eigenvalue weighted by molar-refractivity contribution is 0.204. The van der Waals surface area contributed by atoms with Crippen molar-refractivity contribution in [1.29, 1.82) is 0 Å². The molecule has 2 saturated heterocycles. The van der Waals surface area contributed by atoms with Gasteiger partial charge in [-0.2, -0.15) is 0 Å². The smallest absolute Gasteiger partial charge is 0.123 e. The predicted octanol–water partition coefficient (Wildman–Crippen LogP) is 2.12. The van der Waals surface area contributed by atoms with Crippen LogP contribution < -0.4 is 10.1 Å². The fraction of sp³-hybridized carbons (Fsp3) is 0.625. The highest BCUT2D eigenvalue weighted by Crippen LogP contribution is 2.30. The molecule has 0 radical (unpaired) electrons. The second-order valence-corrected chi connectivity index (χ2v) is 5.88. The number of hydrogen-bond acceptors (Lipinski definition) is 4. The van der Waals surface area contributed by atoms with Gasteiger partial charge in [0.1, 0.15) is 11.5 Å². The number of hydrogen-bond donors (Lipinski definition) is 2. The molecule has 0 spiro atoms. The lowest BCUT2D eigenvalue weighted by Gasteiger charge is -2.29. The van der Waals surface area contributed by atoms with Crippen molar-refractivity contribution in [2.45, 2.75) is 44.3 Å². The summed E-state index contributed by atoms with van der Waals surface area (Å²) in [7, 11) is 1.62. The zero-order valence-corrected chi connectivity index (χ0v) is 12.1. The Balaban J connectivity index is 1.69. The van der Waals surface area contributed by atoms with E-state index in [-0.39, 0.29) is 0 Å². The van der Waals surface area contributed by atoms with Crippen molar-refractivity contribution in [2.75, 3.05) is 20.2 Å². The summed E-state index contributed by atoms with van der Waals surface area (Å²) in [6.45, 7) is 3.12. The molecule has 0 amide bonds. The first-order valence-electron chi connectivity index (χ1n) is 7.61. The molecule has 3 rings (SSSR count). The second-order valence-electron chi connectivity index (χ2n) is 5.88. The lowest BCUT2D eigenvalue weighted by atomic mass is 10.0. The van der Waals surface area contributed by atoms with Crippen LogP contribution in [0, 0.1) is 0 Å². The molecule has 0 saturated carbocycles. The minimum Gasteiger partial charge on any atom is -0.507 e. The van der Waals surface area contributed by atoms with Crippen LogP contribution >= 0.6 is 0 Å². The van der Waals surface area contributed by atoms with E-state index in [2.05, 4.69) is 10.2 Å². The van der Waals surface area contributed by atoms with Gasteiger partial charge in [-0.25, -0.2) is 0 Å². The van der Waals surface area contributed by atoms with Crippen LogP contribution in [0.2, 0.25) is 0 Å². The summed E-state index contributed by atoms with van der Waals surface area (Å²) >= 11 is 0. The first kappa shape index (κ1) is 13.7. The Morgan fingerprint density at radius 3 is 2.95 bits per heavy atom. The van der Waals surface area contributed by atoms with Crippen LogP contribution in [0.1, 0.15) is 31.2 Å². The third-order valence-electron chi connectivity index (χ3n) is 4.64. The Morgan fingerprint density at radius 1 is 1.35 bits per heavy atom. The maximum absolute atomic E-state index is 10.1. The Bertz CT molecular complexity index is 458. The van der Waals surface area contributed by atoms with E-state index in [1.54, 1.807) is 13.2 Å². The van der Waals surface area contributed by atoms with E-state index in [0.717, 1.165) is 25.2 Å². The molecule has 1 aromatic carbocycles. The number of phenolic OH excluding ortho intramolecular Hbond substituents is 1. The summed E-state index contributed by atoms with van der Waals surface area (Å²) in [5, 5.41) is 13.7. The van der Waals surface area contributed by atoms with Gasteiger partial charge in [-0.3, -0.25) is 4.90 Å². The summed E-state index contributed by atoms with van der Waals surface area (Å²) in [5.41, 5.74) is 0.996. The number of likely N-dealkylation sites (tertiary alicyclic amines) is 1. The molecule has 0 bridgehead atoms. The molecule has 2 aliphatic rings. The monoisotopic (exact) mass is 276 g/mol. The molecule has 2 atom stereocenters. The quantitative estimate of drug-likeness (QED) is 0.884. The standard InChI is InChI=1S/C16H24N2O2/c1-20-13-7-6-12(16(19)10-13)11-18-9-3-5-15(18)14-4-2-8-17-14/h6-7,10,14-15,17,19H,2-5,8-9,11H2,1H3. The number of benzene rings is 1. The summed E-state index contributed by atoms with van der Waals surface area (Å²) in [4.78, 5) is 2.52. The molecular weight excluding hydrogens is 252 g/mol. The SMILES string of the molecule is COc1ccc(CN2CCCC2C2CCCN2)c(O)c1. The van der Waals surface area contributed by atoms with Crippen LogP contribution in [0.4, 0.5) is 0 Å². The first-order chi connectivity index (χ1) is 9.78. The van der Waals surface area contributed by atoms with Gasteiger partial charge in [0.15, 0.2) is 0 Å². The van der Waals surface area contributed by atoms with Gasteiger partial charge in [-0.1, -0.05) is 6.07 Å². The van der Waals surface area contributed by atoms with Gasteiger partial charge < -0.3 is 15.2 Å². The maximum Gasteiger partial charge on any atom is 0.123 e. The summed E-state index contributed by atoms with van der Waals surface area (Å²) in [5.74, 6) is 1.05. The highest BCUT2D eigenvalue weighted by Gasteiger charge is 2.33. The average molecular weight is 276 g/mol. The van der Waals surface area contributed by atoms with Crippen LogP contribution in [0.5, 0.6) is 11.5 Å². The third-order valence-corrected chi connectivity index (χ3v) is 4.64. The molecule has 2 fully saturated rings. The van der Waals surface area contributed by atoms with E-state index in [1.807, 2.05) is 12.1 Å². The Hall–Kier alpha value is -1.26. The summed E-state index contributed by atoms with van der Waals surface area (Å²) < 4.78 is 5.14. The van der Waals surface area contributed by atoms with Gasteiger partial charge in [0.2, 0.25) is 0 Å². The topological polar surface area (TPSA) is 44.7 Å². The number of phenols is 1. The Labute approximate surface area is 120 Å². The molecule has 20 heavy (non-hydrogen) atoms. The van der Waals surface area contributed by atoms with Crippen molar-refractivity contribution in [3.05, 3.63) is 23.8 Å². The summed E-state index contributed by atoms with van der Waals surface area (Å²) in [6, 6.07) is 6.87. The molecule has 4 heteroatoms. The number of nitrogens with zero attached hydrogens (tertiary/aromatic N) is 1. The van der Waals surface area contributed by atoms with Crippen LogP contribution in [0.15, 0.2) is 18.2 Å². The van der Waals surface area contributed by atoms with Crippen molar-refractivity contribution in [3.63, 3.8) is 0 Å². The number of aromatic hydroxyl groups is 1. The molecule has 2 aliphatic heterocycles. The van der Waals surface area contributed by atoms with Crippen molar-refractivity contribution < 1.29 is 9.84 Å². The third kappa shape index (κ3) is 2.76. The van der Waals surface area contributed by atoms with E-state index in [0.29, 0.717) is 23.6 Å². The minimum absolute atomic E-state index is 0.342. The van der Waals surface area contributed by atoms with Crippen molar-refractivity contribution in [2.24, 2.45) is 0 Å². The highest BCUT2D eigenvalue weighted by molar-refractivity contribution is 5.39. The number of methoxy groups -OCH3 is 1. The molecule has 0 aliphatic carbocycles. The molecule has 110 valence electrons. The first-order valence-corrected chi connectivity index (χ1v) is 7.61. The number of ether oxygens (including phenoxy) is 1. The zero-order chi connectivity index (χ0) is 13.9. The van der Waals surface area contributed by atoms with E-state index in [1.165, 1.54) is 25.7 Å². The van der Waals surface area contributed by atoms with Gasteiger partial charge in [0.05, 0.1) is 7.11 Å². The van der Waals surface area contributed by atoms with E-state index in [4.69, 9.17) is 4.74 Å². The second kappa shape index (κ2) is 6.02. The van der Waals surface area contributed by atoms with Gasteiger partial charge in [-0.05, 0) is 44.8 Å². The fourth-order valence-corrected chi connectivity index (χ4v) is 3.57. The van der Waals surface area contributed by atoms with E-state index < -0.39 is 0 Å². The molecule has 2 N–H and O–H groups in total. The molecule has 0 aromatic heterocycles. The molecule has 2 unspecified atom stereocenters. The number of nitrogens with one attached hydrogen (secondary N) is 1. The number of rotatable bonds is 4. The van der Waals surface area contributed by atoms with Gasteiger partial charge >= 0.3 is 0 Å².